The van der Waals surface area contributed by atoms with Crippen molar-refractivity contribution in [2.45, 2.75) is 38.1 Å². The topological polar surface area (TPSA) is 79.2 Å². The second-order valence-corrected chi connectivity index (χ2v) is 6.31. The van der Waals surface area contributed by atoms with Crippen LogP contribution in [0.15, 0.2) is 0 Å². The summed E-state index contributed by atoms with van der Waals surface area (Å²) in [7, 11) is -1.95. The zero-order valence-corrected chi connectivity index (χ0v) is 11.0. The third-order valence-electron chi connectivity index (χ3n) is 3.12. The molecule has 1 aliphatic rings. The standard InChI is InChI=1S/C11H20N2O3S/c1-16-7-8-17(14,15)13-11(9-12)10-5-3-2-4-6-10/h10-11,13H,2-8H2,1H3. The Balaban J connectivity index is 2.54. The minimum atomic E-state index is -3.40. The second kappa shape index (κ2) is 6.94. The Bertz CT molecular complexity index is 355. The zero-order valence-electron chi connectivity index (χ0n) is 10.2. The van der Waals surface area contributed by atoms with Crippen molar-refractivity contribution in [2.24, 2.45) is 5.92 Å². The van der Waals surface area contributed by atoms with E-state index < -0.39 is 16.1 Å². The number of methoxy groups -OCH3 is 1. The van der Waals surface area contributed by atoms with Crippen molar-refractivity contribution in [1.82, 2.24) is 4.72 Å². The molecule has 0 amide bonds. The molecule has 0 spiro atoms. The van der Waals surface area contributed by atoms with Gasteiger partial charge in [0.15, 0.2) is 0 Å². The lowest BCUT2D eigenvalue weighted by Gasteiger charge is -2.26. The summed E-state index contributed by atoms with van der Waals surface area (Å²) in [5.41, 5.74) is 0. The summed E-state index contributed by atoms with van der Waals surface area (Å²) in [6.07, 6.45) is 5.23. The second-order valence-electron chi connectivity index (χ2n) is 4.43. The molecular weight excluding hydrogens is 240 g/mol. The van der Waals surface area contributed by atoms with Gasteiger partial charge in [0, 0.05) is 7.11 Å². The van der Waals surface area contributed by atoms with Crippen molar-refractivity contribution in [3.8, 4) is 6.07 Å². The fourth-order valence-electron chi connectivity index (χ4n) is 2.14. The van der Waals surface area contributed by atoms with Crippen LogP contribution in [0.4, 0.5) is 0 Å². The summed E-state index contributed by atoms with van der Waals surface area (Å²) < 4.78 is 30.5. The maximum Gasteiger partial charge on any atom is 0.215 e. The molecule has 0 heterocycles. The Kier molecular flexibility index (Phi) is 5.89. The Hall–Kier alpha value is -0.640. The number of rotatable bonds is 6. The van der Waals surface area contributed by atoms with E-state index >= 15 is 0 Å². The summed E-state index contributed by atoms with van der Waals surface area (Å²) in [4.78, 5) is 0. The maximum atomic E-state index is 11.7. The van der Waals surface area contributed by atoms with Gasteiger partial charge in [-0.2, -0.15) is 9.98 Å². The van der Waals surface area contributed by atoms with Crippen LogP contribution in [0.5, 0.6) is 0 Å². The number of hydrogen-bond acceptors (Lipinski definition) is 4. The van der Waals surface area contributed by atoms with Crippen LogP contribution in [0.2, 0.25) is 0 Å². The molecule has 1 fully saturated rings. The summed E-state index contributed by atoms with van der Waals surface area (Å²) >= 11 is 0. The van der Waals surface area contributed by atoms with Crippen molar-refractivity contribution in [2.75, 3.05) is 19.5 Å². The highest BCUT2D eigenvalue weighted by Gasteiger charge is 2.27. The summed E-state index contributed by atoms with van der Waals surface area (Å²) in [6, 6.07) is 1.49. The van der Waals surface area contributed by atoms with Crippen LogP contribution in [0.25, 0.3) is 0 Å². The van der Waals surface area contributed by atoms with E-state index in [9.17, 15) is 8.42 Å². The predicted molar refractivity (Wildman–Crippen MR) is 64.8 cm³/mol. The average Bonchev–Trinajstić information content (AvgIpc) is 2.35. The highest BCUT2D eigenvalue weighted by molar-refractivity contribution is 7.89. The van der Waals surface area contributed by atoms with Crippen LogP contribution in [0.3, 0.4) is 0 Å². The van der Waals surface area contributed by atoms with E-state index in [4.69, 9.17) is 10.00 Å². The van der Waals surface area contributed by atoms with Crippen molar-refractivity contribution in [3.63, 3.8) is 0 Å². The lowest BCUT2D eigenvalue weighted by molar-refractivity contribution is 0.216. The molecule has 0 radical (unpaired) electrons. The van der Waals surface area contributed by atoms with Gasteiger partial charge in [-0.3, -0.25) is 0 Å². The molecule has 1 unspecified atom stereocenters. The smallest absolute Gasteiger partial charge is 0.215 e. The molecule has 0 bridgehead atoms. The molecule has 0 saturated heterocycles. The van der Waals surface area contributed by atoms with E-state index in [1.54, 1.807) is 0 Å². The van der Waals surface area contributed by atoms with Crippen molar-refractivity contribution < 1.29 is 13.2 Å². The molecule has 1 aliphatic carbocycles. The van der Waals surface area contributed by atoms with Gasteiger partial charge in [0.05, 0.1) is 18.4 Å². The summed E-state index contributed by atoms with van der Waals surface area (Å²) in [5, 5.41) is 9.06. The number of nitrogens with one attached hydrogen (secondary N) is 1. The number of nitrogens with zero attached hydrogens (tertiary/aromatic N) is 1. The molecule has 0 aromatic heterocycles. The predicted octanol–water partition coefficient (Wildman–Crippen LogP) is 1.02. The van der Waals surface area contributed by atoms with Crippen LogP contribution < -0.4 is 4.72 Å². The summed E-state index contributed by atoms with van der Waals surface area (Å²) in [6.45, 7) is 0.151. The monoisotopic (exact) mass is 260 g/mol. The van der Waals surface area contributed by atoms with Gasteiger partial charge in [-0.1, -0.05) is 19.3 Å². The largest absolute Gasteiger partial charge is 0.384 e. The van der Waals surface area contributed by atoms with E-state index in [2.05, 4.69) is 10.8 Å². The van der Waals surface area contributed by atoms with E-state index in [1.807, 2.05) is 0 Å². The van der Waals surface area contributed by atoms with E-state index in [-0.39, 0.29) is 18.3 Å². The third-order valence-corrected chi connectivity index (χ3v) is 4.44. The SMILES string of the molecule is COCCS(=O)(=O)NC(C#N)C1CCCCC1. The molecule has 1 N–H and O–H groups in total. The first-order chi connectivity index (χ1) is 8.09. The number of nitriles is 1. The van der Waals surface area contributed by atoms with E-state index in [0.717, 1.165) is 25.7 Å². The minimum Gasteiger partial charge on any atom is -0.384 e. The van der Waals surface area contributed by atoms with Crippen LogP contribution in [-0.4, -0.2) is 33.9 Å². The molecule has 1 atom stereocenters. The van der Waals surface area contributed by atoms with E-state index in [0.29, 0.717) is 0 Å². The molecule has 1 saturated carbocycles. The Morgan fingerprint density at radius 2 is 2.06 bits per heavy atom. The average molecular weight is 260 g/mol. The third kappa shape index (κ3) is 5.02. The van der Waals surface area contributed by atoms with Crippen LogP contribution in [0, 0.1) is 17.2 Å². The van der Waals surface area contributed by atoms with Crippen LogP contribution >= 0.6 is 0 Å². The van der Waals surface area contributed by atoms with Gasteiger partial charge >= 0.3 is 0 Å². The number of sulfonamides is 1. The van der Waals surface area contributed by atoms with Gasteiger partial charge in [-0.25, -0.2) is 8.42 Å². The quantitative estimate of drug-likeness (QED) is 0.773. The van der Waals surface area contributed by atoms with Gasteiger partial charge in [0.2, 0.25) is 10.0 Å². The molecule has 98 valence electrons. The zero-order chi connectivity index (χ0) is 12.7. The van der Waals surface area contributed by atoms with Crippen LogP contribution in [0.1, 0.15) is 32.1 Å². The van der Waals surface area contributed by atoms with Crippen LogP contribution in [-0.2, 0) is 14.8 Å². The van der Waals surface area contributed by atoms with Gasteiger partial charge in [0.1, 0.15) is 6.04 Å². The normalized spacial score (nSPS) is 19.8. The Morgan fingerprint density at radius 1 is 1.41 bits per heavy atom. The number of ether oxygens (including phenoxy) is 1. The minimum absolute atomic E-state index is 0.0889. The molecule has 0 aromatic rings. The van der Waals surface area contributed by atoms with Crippen molar-refractivity contribution in [3.05, 3.63) is 0 Å². The first kappa shape index (κ1) is 14.4. The van der Waals surface area contributed by atoms with Crippen molar-refractivity contribution >= 4 is 10.0 Å². The molecule has 5 nitrogen and oxygen atoms in total. The highest BCUT2D eigenvalue weighted by Crippen LogP contribution is 2.26. The molecule has 17 heavy (non-hydrogen) atoms. The molecule has 6 heteroatoms. The summed E-state index contributed by atoms with van der Waals surface area (Å²) in [5.74, 6) is 0.0695. The molecular formula is C11H20N2O3S. The lowest BCUT2D eigenvalue weighted by Crippen LogP contribution is -2.41. The molecule has 1 rings (SSSR count). The maximum absolute atomic E-state index is 11.7. The molecule has 0 aromatic carbocycles. The fraction of sp³-hybridized carbons (Fsp3) is 0.909. The molecule has 0 aliphatic heterocycles. The van der Waals surface area contributed by atoms with E-state index in [1.165, 1.54) is 13.5 Å². The first-order valence-corrected chi connectivity index (χ1v) is 7.63. The Morgan fingerprint density at radius 3 is 2.59 bits per heavy atom. The van der Waals surface area contributed by atoms with Gasteiger partial charge in [-0.05, 0) is 18.8 Å². The fourth-order valence-corrected chi connectivity index (χ4v) is 3.28. The van der Waals surface area contributed by atoms with Gasteiger partial charge < -0.3 is 4.74 Å². The highest BCUT2D eigenvalue weighted by atomic mass is 32.2. The van der Waals surface area contributed by atoms with Crippen molar-refractivity contribution in [1.29, 1.82) is 5.26 Å². The van der Waals surface area contributed by atoms with Gasteiger partial charge in [0.25, 0.3) is 0 Å². The van der Waals surface area contributed by atoms with Gasteiger partial charge in [-0.15, -0.1) is 0 Å². The first-order valence-electron chi connectivity index (χ1n) is 5.97. The Labute approximate surface area is 103 Å². The number of hydrogen-bond donors (Lipinski definition) is 1. The lowest BCUT2D eigenvalue weighted by atomic mass is 9.85.